The van der Waals surface area contributed by atoms with Crippen molar-refractivity contribution in [2.24, 2.45) is 0 Å². The van der Waals surface area contributed by atoms with Crippen LogP contribution in [0.25, 0.3) is 0 Å². The Balaban J connectivity index is 1.78. The molecule has 2 N–H and O–H groups in total. The normalized spacial score (nSPS) is 15.5. The molecule has 1 aromatic carbocycles. The van der Waals surface area contributed by atoms with E-state index in [1.54, 1.807) is 12.1 Å². The van der Waals surface area contributed by atoms with Crippen LogP contribution in [0.15, 0.2) is 35.4 Å². The Bertz CT molecular complexity index is 867. The van der Waals surface area contributed by atoms with Gasteiger partial charge in [-0.15, -0.1) is 0 Å². The second-order valence-corrected chi connectivity index (χ2v) is 5.42. The molecule has 0 spiro atoms. The number of nitriles is 1. The Kier molecular flexibility index (Phi) is 4.16. The maximum Gasteiger partial charge on any atom is 0.323 e. The van der Waals surface area contributed by atoms with E-state index in [-0.39, 0.29) is 17.6 Å². The average molecular weight is 326 g/mol. The fourth-order valence-corrected chi connectivity index (χ4v) is 2.50. The summed E-state index contributed by atoms with van der Waals surface area (Å²) in [5.41, 5.74) is 1.27. The van der Waals surface area contributed by atoms with E-state index in [1.807, 2.05) is 12.1 Å². The van der Waals surface area contributed by atoms with E-state index in [0.717, 1.165) is 16.5 Å². The smallest absolute Gasteiger partial charge is 0.323 e. The van der Waals surface area contributed by atoms with Crippen LogP contribution in [0, 0.1) is 11.3 Å². The van der Waals surface area contributed by atoms with Crippen molar-refractivity contribution in [3.63, 3.8) is 0 Å². The number of hydrogen-bond acceptors (Lipinski definition) is 6. The van der Waals surface area contributed by atoms with Crippen molar-refractivity contribution in [3.8, 4) is 11.9 Å². The van der Waals surface area contributed by atoms with Crippen LogP contribution in [0.1, 0.15) is 11.1 Å². The number of hydrogen-bond donors (Lipinski definition) is 2. The van der Waals surface area contributed by atoms with E-state index in [9.17, 15) is 9.59 Å². The Hall–Kier alpha value is -3.34. The van der Waals surface area contributed by atoms with E-state index in [2.05, 4.69) is 16.4 Å². The third kappa shape index (κ3) is 3.20. The van der Waals surface area contributed by atoms with Gasteiger partial charge in [-0.3, -0.25) is 14.2 Å². The summed E-state index contributed by atoms with van der Waals surface area (Å²) in [7, 11) is 0. The van der Waals surface area contributed by atoms with Gasteiger partial charge in [0.15, 0.2) is 5.69 Å². The lowest BCUT2D eigenvalue weighted by Gasteiger charge is -2.26. The molecule has 2 aromatic rings. The van der Waals surface area contributed by atoms with Gasteiger partial charge >= 0.3 is 5.97 Å². The summed E-state index contributed by atoms with van der Waals surface area (Å²) in [4.78, 5) is 27.1. The molecule has 0 aliphatic carbocycles. The summed E-state index contributed by atoms with van der Waals surface area (Å²) in [6, 6.07) is 9.07. The van der Waals surface area contributed by atoms with Crippen LogP contribution in [0.3, 0.4) is 0 Å². The molecular weight excluding hydrogens is 312 g/mol. The van der Waals surface area contributed by atoms with Crippen molar-refractivity contribution in [3.05, 3.63) is 52.1 Å². The van der Waals surface area contributed by atoms with Crippen molar-refractivity contribution in [1.29, 1.82) is 5.26 Å². The van der Waals surface area contributed by atoms with E-state index >= 15 is 0 Å². The van der Waals surface area contributed by atoms with Crippen LogP contribution in [0.4, 0.5) is 5.69 Å². The number of carboxylic acid groups (broad SMARTS) is 1. The van der Waals surface area contributed by atoms with Crippen molar-refractivity contribution in [2.45, 2.75) is 19.0 Å². The van der Waals surface area contributed by atoms with Crippen LogP contribution in [0.5, 0.6) is 5.88 Å². The highest BCUT2D eigenvalue weighted by Gasteiger charge is 2.24. The molecule has 1 aliphatic rings. The van der Waals surface area contributed by atoms with E-state index < -0.39 is 18.1 Å². The van der Waals surface area contributed by atoms with E-state index in [0.29, 0.717) is 18.6 Å². The maximum atomic E-state index is 12.3. The first kappa shape index (κ1) is 15.6. The molecule has 2 heterocycles. The second kappa shape index (κ2) is 6.42. The Morgan fingerprint density at radius 1 is 1.46 bits per heavy atom. The van der Waals surface area contributed by atoms with Crippen molar-refractivity contribution in [2.75, 3.05) is 11.9 Å². The fraction of sp³-hybridized carbons (Fsp3) is 0.250. The van der Waals surface area contributed by atoms with Crippen molar-refractivity contribution < 1.29 is 14.6 Å². The van der Waals surface area contributed by atoms with Gasteiger partial charge in [-0.25, -0.2) is 4.98 Å². The number of nitrogens with one attached hydrogen (secondary N) is 1. The highest BCUT2D eigenvalue weighted by Crippen LogP contribution is 2.23. The predicted molar refractivity (Wildman–Crippen MR) is 83.9 cm³/mol. The zero-order chi connectivity index (χ0) is 17.1. The minimum Gasteiger partial charge on any atom is -0.480 e. The largest absolute Gasteiger partial charge is 0.480 e. The molecule has 8 nitrogen and oxygen atoms in total. The van der Waals surface area contributed by atoms with Crippen LogP contribution in [0.2, 0.25) is 0 Å². The number of fused-ring (bicyclic) bond motifs is 1. The summed E-state index contributed by atoms with van der Waals surface area (Å²) in [6.07, 6.45) is 1.76. The van der Waals surface area contributed by atoms with Crippen molar-refractivity contribution in [1.82, 2.24) is 9.55 Å². The monoisotopic (exact) mass is 326 g/mol. The minimum atomic E-state index is -1.12. The number of carboxylic acids is 1. The second-order valence-electron chi connectivity index (χ2n) is 5.42. The molecule has 8 heteroatoms. The van der Waals surface area contributed by atoms with E-state index in [1.165, 1.54) is 0 Å². The predicted octanol–water partition coefficient (Wildman–Crippen LogP) is 0.615. The summed E-state index contributed by atoms with van der Waals surface area (Å²) in [5, 5.41) is 20.7. The lowest BCUT2D eigenvalue weighted by atomic mass is 10.0. The SMILES string of the molecule is N#Cc1ccc(CC2COc3ncn(CC(=O)O)c(=O)c3N2)cc1. The Morgan fingerprint density at radius 2 is 2.21 bits per heavy atom. The van der Waals surface area contributed by atoms with Gasteiger partial charge in [-0.05, 0) is 24.1 Å². The lowest BCUT2D eigenvalue weighted by molar-refractivity contribution is -0.137. The first-order valence-electron chi connectivity index (χ1n) is 7.26. The first-order chi connectivity index (χ1) is 11.6. The molecule has 1 aromatic heterocycles. The van der Waals surface area contributed by atoms with E-state index in [4.69, 9.17) is 15.1 Å². The number of aromatic nitrogens is 2. The zero-order valence-electron chi connectivity index (χ0n) is 12.6. The molecule has 0 saturated heterocycles. The number of nitrogens with zero attached hydrogens (tertiary/aromatic N) is 3. The summed E-state index contributed by atoms with van der Waals surface area (Å²) in [5.74, 6) is -0.942. The molecule has 0 bridgehead atoms. The number of benzene rings is 1. The van der Waals surface area contributed by atoms with Gasteiger partial charge in [-0.1, -0.05) is 12.1 Å². The standard InChI is InChI=1S/C16H14N4O4/c17-6-11-3-1-10(2-4-11)5-12-8-24-15-14(19-12)16(23)20(9-18-15)7-13(21)22/h1-4,9,12,19H,5,7-8H2,(H,21,22). The zero-order valence-corrected chi connectivity index (χ0v) is 12.6. The maximum absolute atomic E-state index is 12.3. The molecule has 0 fully saturated rings. The molecule has 3 rings (SSSR count). The number of anilines is 1. The molecular formula is C16H14N4O4. The molecule has 1 aliphatic heterocycles. The lowest BCUT2D eigenvalue weighted by Crippen LogP contribution is -2.39. The molecule has 1 atom stereocenters. The first-order valence-corrected chi connectivity index (χ1v) is 7.26. The summed E-state index contributed by atoms with van der Waals surface area (Å²) in [6.45, 7) is -0.122. The van der Waals surface area contributed by atoms with Crippen LogP contribution in [-0.2, 0) is 17.8 Å². The minimum absolute atomic E-state index is 0.152. The van der Waals surface area contributed by atoms with Gasteiger partial charge in [0, 0.05) is 0 Å². The average Bonchev–Trinajstić information content (AvgIpc) is 2.58. The highest BCUT2D eigenvalue weighted by atomic mass is 16.5. The number of aliphatic carboxylic acids is 1. The van der Waals surface area contributed by atoms with Gasteiger partial charge in [0.2, 0.25) is 5.88 Å². The van der Waals surface area contributed by atoms with Gasteiger partial charge in [0.1, 0.15) is 19.5 Å². The van der Waals surface area contributed by atoms with Gasteiger partial charge < -0.3 is 15.2 Å². The summed E-state index contributed by atoms with van der Waals surface area (Å²) < 4.78 is 6.52. The Labute approximate surface area is 136 Å². The highest BCUT2D eigenvalue weighted by molar-refractivity contribution is 5.66. The summed E-state index contributed by atoms with van der Waals surface area (Å²) >= 11 is 0. The number of ether oxygens (including phenoxy) is 1. The van der Waals surface area contributed by atoms with Gasteiger partial charge in [-0.2, -0.15) is 5.26 Å². The molecule has 0 radical (unpaired) electrons. The molecule has 122 valence electrons. The van der Waals surface area contributed by atoms with Gasteiger partial charge in [0.05, 0.1) is 17.7 Å². The third-order valence-electron chi connectivity index (χ3n) is 3.64. The van der Waals surface area contributed by atoms with Crippen LogP contribution >= 0.6 is 0 Å². The molecule has 0 amide bonds. The van der Waals surface area contributed by atoms with Gasteiger partial charge in [0.25, 0.3) is 5.56 Å². The fourth-order valence-electron chi connectivity index (χ4n) is 2.50. The Morgan fingerprint density at radius 3 is 2.88 bits per heavy atom. The topological polar surface area (TPSA) is 117 Å². The van der Waals surface area contributed by atoms with Crippen LogP contribution < -0.4 is 15.6 Å². The molecule has 24 heavy (non-hydrogen) atoms. The number of rotatable bonds is 4. The number of carbonyl (C=O) groups is 1. The van der Waals surface area contributed by atoms with Crippen molar-refractivity contribution >= 4 is 11.7 Å². The van der Waals surface area contributed by atoms with Crippen LogP contribution in [-0.4, -0.2) is 33.3 Å². The quantitative estimate of drug-likeness (QED) is 0.845. The molecule has 1 unspecified atom stereocenters. The molecule has 0 saturated carbocycles. The third-order valence-corrected chi connectivity index (χ3v) is 3.64.